The number of ether oxygens (including phenoxy) is 1. The Morgan fingerprint density at radius 3 is 2.81 bits per heavy atom. The molecular formula is C14H17NO. The Morgan fingerprint density at radius 2 is 2.19 bits per heavy atom. The maximum Gasteiger partial charge on any atom is 0.128 e. The molecule has 0 fully saturated rings. The van der Waals surface area contributed by atoms with Crippen molar-refractivity contribution in [3.8, 4) is 0 Å². The molecule has 1 aromatic carbocycles. The fourth-order valence-electron chi connectivity index (χ4n) is 1.80. The van der Waals surface area contributed by atoms with Crippen LogP contribution in [0.15, 0.2) is 41.4 Å². The van der Waals surface area contributed by atoms with Crippen molar-refractivity contribution in [2.24, 2.45) is 4.99 Å². The highest BCUT2D eigenvalue weighted by Gasteiger charge is 2.07. The fraction of sp³-hybridized carbons (Fsp3) is 0.357. The lowest BCUT2D eigenvalue weighted by molar-refractivity contribution is 0.298. The van der Waals surface area contributed by atoms with Gasteiger partial charge in [0.25, 0.3) is 0 Å². The van der Waals surface area contributed by atoms with E-state index in [1.54, 1.807) is 0 Å². The van der Waals surface area contributed by atoms with E-state index in [1.807, 2.05) is 25.1 Å². The Bertz CT molecular complexity index is 392. The molecule has 0 aromatic heterocycles. The summed E-state index contributed by atoms with van der Waals surface area (Å²) in [5.41, 5.74) is 2.28. The summed E-state index contributed by atoms with van der Waals surface area (Å²) in [7, 11) is 0. The molecule has 0 N–H and O–H groups in total. The third-order valence-corrected chi connectivity index (χ3v) is 2.56. The Kier molecular flexibility index (Phi) is 3.76. The molecule has 0 amide bonds. The zero-order chi connectivity index (χ0) is 11.2. The number of nitrogens with zero attached hydrogens (tertiary/aromatic N) is 1. The molecular weight excluding hydrogens is 198 g/mol. The highest BCUT2D eigenvalue weighted by atomic mass is 16.5. The van der Waals surface area contributed by atoms with Crippen molar-refractivity contribution in [2.75, 3.05) is 13.2 Å². The van der Waals surface area contributed by atoms with Gasteiger partial charge in [-0.2, -0.15) is 0 Å². The number of rotatable bonds is 4. The smallest absolute Gasteiger partial charge is 0.128 e. The van der Waals surface area contributed by atoms with Crippen LogP contribution in [-0.2, 0) is 4.74 Å². The minimum Gasteiger partial charge on any atom is -0.493 e. The lowest BCUT2D eigenvalue weighted by Crippen LogP contribution is -1.96. The zero-order valence-electron chi connectivity index (χ0n) is 9.65. The van der Waals surface area contributed by atoms with E-state index in [1.165, 1.54) is 6.42 Å². The van der Waals surface area contributed by atoms with Crippen LogP contribution in [0.3, 0.4) is 0 Å². The second kappa shape index (κ2) is 5.50. The van der Waals surface area contributed by atoms with Gasteiger partial charge in [0.15, 0.2) is 0 Å². The molecule has 0 saturated heterocycles. The predicted molar refractivity (Wildman–Crippen MR) is 67.6 cm³/mol. The van der Waals surface area contributed by atoms with Crippen molar-refractivity contribution in [1.82, 2.24) is 0 Å². The fourth-order valence-corrected chi connectivity index (χ4v) is 1.80. The van der Waals surface area contributed by atoms with Crippen LogP contribution in [0.2, 0.25) is 0 Å². The summed E-state index contributed by atoms with van der Waals surface area (Å²) >= 11 is 0. The molecule has 1 aliphatic rings. The summed E-state index contributed by atoms with van der Waals surface area (Å²) in [4.78, 5) is 4.44. The second-order valence-electron chi connectivity index (χ2n) is 3.78. The summed E-state index contributed by atoms with van der Waals surface area (Å²) < 4.78 is 5.67. The number of hydrogen-bond acceptors (Lipinski definition) is 2. The minimum absolute atomic E-state index is 0.688. The van der Waals surface area contributed by atoms with Gasteiger partial charge in [0, 0.05) is 23.9 Å². The van der Waals surface area contributed by atoms with Gasteiger partial charge in [0.1, 0.15) is 5.76 Å². The van der Waals surface area contributed by atoms with Gasteiger partial charge in [-0.3, -0.25) is 4.99 Å². The standard InChI is InChI=1S/C14H17NO/c1-2-16-14(11-13-9-6-10-15-13)12-7-4-3-5-8-12/h3-5,7-8,11H,2,6,9-10H2,1H3. The highest BCUT2D eigenvalue weighted by Crippen LogP contribution is 2.17. The van der Waals surface area contributed by atoms with Crippen LogP contribution >= 0.6 is 0 Å². The molecule has 84 valence electrons. The van der Waals surface area contributed by atoms with E-state index in [0.717, 1.165) is 30.0 Å². The first-order valence-electron chi connectivity index (χ1n) is 5.83. The number of hydrogen-bond donors (Lipinski definition) is 0. The third-order valence-electron chi connectivity index (χ3n) is 2.56. The quantitative estimate of drug-likeness (QED) is 0.706. The third kappa shape index (κ3) is 2.72. The zero-order valence-corrected chi connectivity index (χ0v) is 9.65. The molecule has 2 rings (SSSR count). The molecule has 1 heterocycles. The van der Waals surface area contributed by atoms with E-state index < -0.39 is 0 Å². The number of benzene rings is 1. The van der Waals surface area contributed by atoms with Crippen LogP contribution < -0.4 is 0 Å². The molecule has 0 unspecified atom stereocenters. The van der Waals surface area contributed by atoms with E-state index in [9.17, 15) is 0 Å². The van der Waals surface area contributed by atoms with E-state index in [-0.39, 0.29) is 0 Å². The summed E-state index contributed by atoms with van der Waals surface area (Å²) in [6.45, 7) is 3.65. The molecule has 0 aliphatic carbocycles. The second-order valence-corrected chi connectivity index (χ2v) is 3.78. The Hall–Kier alpha value is -1.57. The van der Waals surface area contributed by atoms with Gasteiger partial charge in [-0.1, -0.05) is 30.3 Å². The summed E-state index contributed by atoms with van der Waals surface area (Å²) in [6.07, 6.45) is 4.31. The molecule has 2 nitrogen and oxygen atoms in total. The van der Waals surface area contributed by atoms with Gasteiger partial charge in [0.05, 0.1) is 6.61 Å². The van der Waals surface area contributed by atoms with Gasteiger partial charge in [-0.05, 0) is 19.8 Å². The Balaban J connectivity index is 2.23. The topological polar surface area (TPSA) is 21.6 Å². The molecule has 1 aromatic rings. The largest absolute Gasteiger partial charge is 0.493 e. The van der Waals surface area contributed by atoms with Gasteiger partial charge in [0.2, 0.25) is 0 Å². The maximum absolute atomic E-state index is 5.67. The first-order chi connectivity index (χ1) is 7.90. The predicted octanol–water partition coefficient (Wildman–Crippen LogP) is 3.30. The number of allylic oxidation sites excluding steroid dienone is 1. The average molecular weight is 215 g/mol. The van der Waals surface area contributed by atoms with Crippen molar-refractivity contribution in [1.29, 1.82) is 0 Å². The van der Waals surface area contributed by atoms with E-state index in [2.05, 4.69) is 23.2 Å². The molecule has 0 saturated carbocycles. The van der Waals surface area contributed by atoms with Crippen molar-refractivity contribution in [2.45, 2.75) is 19.8 Å². The molecule has 1 aliphatic heterocycles. The van der Waals surface area contributed by atoms with Gasteiger partial charge in [-0.25, -0.2) is 0 Å². The summed E-state index contributed by atoms with van der Waals surface area (Å²) in [5, 5.41) is 0. The van der Waals surface area contributed by atoms with Crippen molar-refractivity contribution < 1.29 is 4.74 Å². The normalized spacial score (nSPS) is 16.1. The van der Waals surface area contributed by atoms with Crippen molar-refractivity contribution in [3.05, 3.63) is 42.0 Å². The molecule has 0 bridgehead atoms. The van der Waals surface area contributed by atoms with E-state index >= 15 is 0 Å². The van der Waals surface area contributed by atoms with Crippen LogP contribution in [0.5, 0.6) is 0 Å². The van der Waals surface area contributed by atoms with Crippen molar-refractivity contribution in [3.63, 3.8) is 0 Å². The first kappa shape index (κ1) is 10.9. The van der Waals surface area contributed by atoms with Gasteiger partial charge in [-0.15, -0.1) is 0 Å². The SMILES string of the molecule is CCOC(=CC1=NCCC1)c1ccccc1. The average Bonchev–Trinajstić information content (AvgIpc) is 2.83. The van der Waals surface area contributed by atoms with Crippen LogP contribution in [0.25, 0.3) is 5.76 Å². The maximum atomic E-state index is 5.67. The molecule has 2 heteroatoms. The Morgan fingerprint density at radius 1 is 1.38 bits per heavy atom. The van der Waals surface area contributed by atoms with Gasteiger partial charge >= 0.3 is 0 Å². The molecule has 0 radical (unpaired) electrons. The monoisotopic (exact) mass is 215 g/mol. The van der Waals surface area contributed by atoms with Crippen molar-refractivity contribution >= 4 is 11.5 Å². The summed E-state index contributed by atoms with van der Waals surface area (Å²) in [5.74, 6) is 0.934. The highest BCUT2D eigenvalue weighted by molar-refractivity contribution is 6.00. The van der Waals surface area contributed by atoms with Crippen LogP contribution in [0.4, 0.5) is 0 Å². The van der Waals surface area contributed by atoms with Crippen LogP contribution in [-0.4, -0.2) is 18.9 Å². The van der Waals surface area contributed by atoms with Crippen LogP contribution in [0.1, 0.15) is 25.3 Å². The van der Waals surface area contributed by atoms with E-state index in [4.69, 9.17) is 4.74 Å². The lowest BCUT2D eigenvalue weighted by Gasteiger charge is -2.08. The number of aliphatic imine (C=N–C) groups is 1. The minimum atomic E-state index is 0.688. The first-order valence-corrected chi connectivity index (χ1v) is 5.83. The molecule has 16 heavy (non-hydrogen) atoms. The Labute approximate surface area is 96.7 Å². The molecule has 0 atom stereocenters. The van der Waals surface area contributed by atoms with Gasteiger partial charge < -0.3 is 4.74 Å². The molecule has 0 spiro atoms. The summed E-state index contributed by atoms with van der Waals surface area (Å²) in [6, 6.07) is 10.2. The lowest BCUT2D eigenvalue weighted by atomic mass is 10.1. The van der Waals surface area contributed by atoms with Crippen LogP contribution in [0, 0.1) is 0 Å². The van der Waals surface area contributed by atoms with E-state index in [0.29, 0.717) is 6.61 Å².